The van der Waals surface area contributed by atoms with E-state index >= 15 is 19.2 Å². The molecule has 7 atom stereocenters. The second kappa shape index (κ2) is 33.8. The topological polar surface area (TPSA) is 326 Å². The number of imide groups is 1. The van der Waals surface area contributed by atoms with Gasteiger partial charge in [0.25, 0.3) is 0 Å². The van der Waals surface area contributed by atoms with Crippen molar-refractivity contribution in [2.75, 3.05) is 6.61 Å². The highest BCUT2D eigenvalue weighted by Crippen LogP contribution is 2.41. The Morgan fingerprint density at radius 1 is 0.524 bits per heavy atom. The van der Waals surface area contributed by atoms with Gasteiger partial charge in [0.1, 0.15) is 70.4 Å². The van der Waals surface area contributed by atoms with E-state index in [4.69, 9.17) is 23.9 Å². The first-order chi connectivity index (χ1) is 49.3. The molecular formula is C80H100N10O15. The van der Waals surface area contributed by atoms with Crippen molar-refractivity contribution in [3.05, 3.63) is 192 Å². The third-order valence-electron chi connectivity index (χ3n) is 17.0. The molecule has 1 fully saturated rings. The Hall–Kier alpha value is -10.7. The zero-order chi connectivity index (χ0) is 76.9. The summed E-state index contributed by atoms with van der Waals surface area (Å²) in [5.74, 6) is -7.03. The first-order valence-corrected chi connectivity index (χ1v) is 35.3. The molecule has 0 radical (unpaired) electrons. The number of aromatic nitrogens is 3. The number of nitrogens with one attached hydrogen (secondary N) is 6. The molecule has 25 heteroatoms. The molecule has 0 unspecified atom stereocenters. The number of carbonyl (C=O) groups excluding carboxylic acids is 9. The van der Waals surface area contributed by atoms with Gasteiger partial charge in [-0.2, -0.15) is 0 Å². The van der Waals surface area contributed by atoms with Crippen LogP contribution in [0, 0.1) is 5.92 Å². The first-order valence-electron chi connectivity index (χ1n) is 35.3. The predicted octanol–water partition coefficient (Wildman–Crippen LogP) is 9.47. The van der Waals surface area contributed by atoms with E-state index < -0.39 is 143 Å². The zero-order valence-electron chi connectivity index (χ0n) is 62.5. The van der Waals surface area contributed by atoms with E-state index in [-0.39, 0.29) is 43.7 Å². The summed E-state index contributed by atoms with van der Waals surface area (Å²) in [7, 11) is 0. The summed E-state index contributed by atoms with van der Waals surface area (Å²) in [6.07, 6.45) is 1.84. The van der Waals surface area contributed by atoms with Crippen LogP contribution in [-0.4, -0.2) is 155 Å². The number of fused-ring (bicyclic) bond motifs is 1. The van der Waals surface area contributed by atoms with Crippen molar-refractivity contribution in [1.82, 2.24) is 50.9 Å². The molecule has 25 nitrogen and oxygen atoms in total. The number of imidazole rings is 1. The molecule has 0 aliphatic carbocycles. The van der Waals surface area contributed by atoms with Gasteiger partial charge >= 0.3 is 18.2 Å². The molecule has 0 spiro atoms. The normalized spacial score (nSPS) is 15.3. The summed E-state index contributed by atoms with van der Waals surface area (Å²) in [6.45, 7) is 25.2. The Morgan fingerprint density at radius 3 is 1.53 bits per heavy atom. The van der Waals surface area contributed by atoms with E-state index in [1.165, 1.54) is 17.7 Å². The van der Waals surface area contributed by atoms with Crippen LogP contribution in [0.4, 0.5) is 9.59 Å². The van der Waals surface area contributed by atoms with Gasteiger partial charge in [-0.1, -0.05) is 135 Å². The number of hydrogen-bond acceptors (Lipinski definition) is 15. The first kappa shape index (κ1) is 80.0. The molecule has 7 aromatic rings. The maximum absolute atomic E-state index is 15.9. The number of carboxylic acids is 1. The van der Waals surface area contributed by atoms with Crippen LogP contribution in [0.5, 0.6) is 5.75 Å². The van der Waals surface area contributed by atoms with Crippen LogP contribution in [-0.2, 0) is 77.4 Å². The number of aliphatic carboxylic acids is 1. The molecule has 2 aromatic heterocycles. The standard InChI is InChI=1S/C80H100N10O15/c1-49(2)41-62(73(98)99)86-67(92)50(3)82-68(93)59(42-51-35-37-57(38-36-51)103-77(7,8)9)83-71(96)63(47-102-76(4,5)6)87-69(94)60(43-52-45-89(74(100)104-78(10,11)12)64-34-26-25-33-58(52)64)84-70(95)61(85-72(97)65-39-40-66(91)90(65)75(101)105-79(13,14)15)44-56-46-88(48-81-56)80(53-27-19-16-20-28-53,54-29-21-17-22-30-54)55-31-23-18-24-32-55/h16-38,45-46,48-50,59-63,65H,39-44,47H2,1-15H3,(H,82,93)(H,83,96)(H,84,95)(H,85,97)(H,86,92)(H,87,94)(H,98,99)/t50-,59+,60+,61+,62+,63+,65+/m1/s1. The smallest absolute Gasteiger partial charge is 0.419 e. The second-order valence-corrected chi connectivity index (χ2v) is 30.8. The van der Waals surface area contributed by atoms with Crippen molar-refractivity contribution in [2.24, 2.45) is 5.92 Å². The Balaban J connectivity index is 1.22. The summed E-state index contributed by atoms with van der Waals surface area (Å²) >= 11 is 0. The van der Waals surface area contributed by atoms with Crippen molar-refractivity contribution in [3.63, 3.8) is 0 Å². The largest absolute Gasteiger partial charge is 0.488 e. The number of ether oxygens (including phenoxy) is 4. The Morgan fingerprint density at radius 2 is 1.01 bits per heavy atom. The molecule has 105 heavy (non-hydrogen) atoms. The lowest BCUT2D eigenvalue weighted by Crippen LogP contribution is -2.61. The fourth-order valence-corrected chi connectivity index (χ4v) is 12.3. The lowest BCUT2D eigenvalue weighted by atomic mass is 9.77. The number of rotatable bonds is 28. The highest BCUT2D eigenvalue weighted by atomic mass is 16.6. The molecule has 1 aliphatic heterocycles. The Bertz CT molecular complexity index is 4130. The molecule has 7 N–H and O–H groups in total. The van der Waals surface area contributed by atoms with Gasteiger partial charge in [0.15, 0.2) is 0 Å². The molecule has 8 amide bonds. The lowest BCUT2D eigenvalue weighted by molar-refractivity contribution is -0.142. The second-order valence-electron chi connectivity index (χ2n) is 30.8. The third kappa shape index (κ3) is 21.7. The maximum Gasteiger partial charge on any atom is 0.419 e. The summed E-state index contributed by atoms with van der Waals surface area (Å²) in [4.78, 5) is 150. The average Bonchev–Trinajstić information content (AvgIpc) is 1.71. The number of nitrogens with zero attached hydrogens (tertiary/aromatic N) is 4. The minimum atomic E-state index is -1.71. The van der Waals surface area contributed by atoms with Gasteiger partial charge in [0.2, 0.25) is 41.4 Å². The van der Waals surface area contributed by atoms with Gasteiger partial charge in [-0.05, 0) is 155 Å². The number of carbonyl (C=O) groups is 10. The summed E-state index contributed by atoms with van der Waals surface area (Å²) in [6, 6.07) is 32.3. The van der Waals surface area contributed by atoms with Crippen LogP contribution in [0.2, 0.25) is 0 Å². The Kier molecular flexibility index (Phi) is 25.8. The van der Waals surface area contributed by atoms with Crippen molar-refractivity contribution in [1.29, 1.82) is 0 Å². The van der Waals surface area contributed by atoms with E-state index in [1.807, 2.05) is 116 Å². The van der Waals surface area contributed by atoms with Crippen LogP contribution in [0.1, 0.15) is 157 Å². The summed E-state index contributed by atoms with van der Waals surface area (Å²) in [5, 5.41) is 26.8. The molecule has 0 saturated carbocycles. The fraction of sp³-hybridized carbons (Fsp3) is 0.438. The van der Waals surface area contributed by atoms with Crippen molar-refractivity contribution >= 4 is 70.4 Å². The number of hydrogen-bond donors (Lipinski definition) is 7. The summed E-state index contributed by atoms with van der Waals surface area (Å²) in [5.41, 5.74) is -0.542. The predicted molar refractivity (Wildman–Crippen MR) is 394 cm³/mol. The van der Waals surface area contributed by atoms with E-state index in [0.29, 0.717) is 27.8 Å². The number of para-hydroxylation sites is 1. The SMILES string of the molecule is CC(C)C[C@H](NC(=O)[C@@H](C)NC(=O)[C@H](Cc1ccc(OC(C)(C)C)cc1)NC(=O)[C@H](COC(C)(C)C)NC(=O)[C@H](Cc1cn(C(=O)OC(C)(C)C)c2ccccc12)NC(=O)[C@H](Cc1cn(C(c2ccccc2)(c2ccccc2)c2ccccc2)cn1)NC(=O)[C@@H]1CCC(=O)N1C(=O)OC(C)(C)C)C(=O)O. The van der Waals surface area contributed by atoms with Gasteiger partial charge in [-0.25, -0.2) is 24.3 Å². The van der Waals surface area contributed by atoms with Crippen LogP contribution in [0.3, 0.4) is 0 Å². The third-order valence-corrected chi connectivity index (χ3v) is 17.0. The average molecular weight is 1440 g/mol. The van der Waals surface area contributed by atoms with E-state index in [0.717, 1.165) is 21.6 Å². The monoisotopic (exact) mass is 1440 g/mol. The summed E-state index contributed by atoms with van der Waals surface area (Å²) < 4.78 is 26.9. The van der Waals surface area contributed by atoms with Crippen LogP contribution in [0.15, 0.2) is 158 Å². The molecule has 0 bridgehead atoms. The van der Waals surface area contributed by atoms with Crippen molar-refractivity contribution in [2.45, 2.75) is 213 Å². The minimum absolute atomic E-state index is 0.101. The van der Waals surface area contributed by atoms with Gasteiger partial charge in [-0.3, -0.25) is 38.1 Å². The van der Waals surface area contributed by atoms with Crippen LogP contribution >= 0.6 is 0 Å². The molecule has 1 aliphatic rings. The molecule has 8 rings (SSSR count). The van der Waals surface area contributed by atoms with Gasteiger partial charge in [0.05, 0.1) is 29.7 Å². The number of carboxylic acid groups (broad SMARTS) is 1. The van der Waals surface area contributed by atoms with Gasteiger partial charge in [0, 0.05) is 43.5 Å². The van der Waals surface area contributed by atoms with Crippen molar-refractivity contribution in [3.8, 4) is 5.75 Å². The highest BCUT2D eigenvalue weighted by molar-refractivity contribution is 6.02. The van der Waals surface area contributed by atoms with E-state index in [2.05, 4.69) is 31.9 Å². The zero-order valence-corrected chi connectivity index (χ0v) is 62.5. The van der Waals surface area contributed by atoms with E-state index in [9.17, 15) is 33.9 Å². The maximum atomic E-state index is 15.9. The number of likely N-dealkylation sites (tertiary alicyclic amines) is 1. The molecule has 560 valence electrons. The molecule has 1 saturated heterocycles. The van der Waals surface area contributed by atoms with Crippen LogP contribution in [0.25, 0.3) is 10.9 Å². The van der Waals surface area contributed by atoms with Gasteiger partial charge < -0.3 is 60.5 Å². The highest BCUT2D eigenvalue weighted by Gasteiger charge is 2.45. The van der Waals surface area contributed by atoms with Crippen LogP contribution < -0.4 is 36.6 Å². The minimum Gasteiger partial charge on any atom is -0.488 e. The van der Waals surface area contributed by atoms with Crippen molar-refractivity contribution < 1.29 is 72.0 Å². The number of amides is 8. The molecular weight excluding hydrogens is 1340 g/mol. The Labute approximate surface area is 613 Å². The number of benzene rings is 5. The lowest BCUT2D eigenvalue weighted by Gasteiger charge is -2.37. The molecule has 5 aromatic carbocycles. The molecule has 3 heterocycles. The van der Waals surface area contributed by atoms with Gasteiger partial charge in [-0.15, -0.1) is 0 Å². The van der Waals surface area contributed by atoms with E-state index in [1.54, 1.807) is 137 Å². The fourth-order valence-electron chi connectivity index (χ4n) is 12.3. The quantitative estimate of drug-likeness (QED) is 0.0224.